The van der Waals surface area contributed by atoms with E-state index in [1.807, 2.05) is 13.0 Å². The van der Waals surface area contributed by atoms with E-state index in [4.69, 9.17) is 0 Å². The molecule has 1 nitrogen and oxygen atoms in total. The average Bonchev–Trinajstić information content (AvgIpc) is 1.93. The highest BCUT2D eigenvalue weighted by atomic mass is 19.1. The minimum Gasteiger partial charge on any atom is -0.386 e. The predicted octanol–water partition coefficient (Wildman–Crippen LogP) is 2.60. The molecule has 1 aliphatic carbocycles. The third kappa shape index (κ3) is 1.69. The van der Waals surface area contributed by atoms with Crippen molar-refractivity contribution in [3.8, 4) is 0 Å². The van der Waals surface area contributed by atoms with Crippen molar-refractivity contribution in [1.29, 1.82) is 0 Å². The lowest BCUT2D eigenvalue weighted by Crippen LogP contribution is -2.47. The third-order valence-electron chi connectivity index (χ3n) is 2.83. The highest BCUT2D eigenvalue weighted by molar-refractivity contribution is 5.11. The second kappa shape index (κ2) is 2.84. The van der Waals surface area contributed by atoms with Crippen LogP contribution in [-0.2, 0) is 0 Å². The fourth-order valence-corrected chi connectivity index (χ4v) is 1.49. The highest BCUT2D eigenvalue weighted by Gasteiger charge is 2.43. The van der Waals surface area contributed by atoms with Gasteiger partial charge in [-0.2, -0.15) is 0 Å². The number of hydrogen-bond donors (Lipinski definition) is 1. The molecule has 0 heterocycles. The number of allylic oxidation sites excluding steroid dienone is 1. The van der Waals surface area contributed by atoms with Gasteiger partial charge in [-0.25, -0.2) is 4.39 Å². The second-order valence-electron chi connectivity index (χ2n) is 4.26. The summed E-state index contributed by atoms with van der Waals surface area (Å²) in [6.07, 6.45) is 3.73. The van der Waals surface area contributed by atoms with Crippen LogP contribution in [0.1, 0.15) is 40.0 Å². The van der Waals surface area contributed by atoms with Crippen molar-refractivity contribution >= 4 is 0 Å². The van der Waals surface area contributed by atoms with Crippen LogP contribution in [0.15, 0.2) is 11.6 Å². The molecule has 0 bridgehead atoms. The summed E-state index contributed by atoms with van der Waals surface area (Å²) in [5.74, 6) is 0. The van der Waals surface area contributed by atoms with Gasteiger partial charge in [-0.1, -0.05) is 11.6 Å². The number of hydrogen-bond acceptors (Lipinski definition) is 1. The molecule has 12 heavy (non-hydrogen) atoms. The molecule has 1 atom stereocenters. The molecule has 0 saturated heterocycles. The average molecular weight is 172 g/mol. The molecular formula is C10H17FO. The predicted molar refractivity (Wildman–Crippen MR) is 47.7 cm³/mol. The van der Waals surface area contributed by atoms with Crippen molar-refractivity contribution in [1.82, 2.24) is 0 Å². The maximum Gasteiger partial charge on any atom is 0.134 e. The van der Waals surface area contributed by atoms with E-state index in [1.165, 1.54) is 19.4 Å². The van der Waals surface area contributed by atoms with Crippen LogP contribution in [-0.4, -0.2) is 16.4 Å². The monoisotopic (exact) mass is 172 g/mol. The molecule has 0 saturated carbocycles. The zero-order chi connectivity index (χ0) is 9.41. The van der Waals surface area contributed by atoms with Gasteiger partial charge < -0.3 is 5.11 Å². The van der Waals surface area contributed by atoms with Gasteiger partial charge >= 0.3 is 0 Å². The molecule has 0 spiro atoms. The van der Waals surface area contributed by atoms with E-state index >= 15 is 0 Å². The summed E-state index contributed by atoms with van der Waals surface area (Å²) in [6.45, 7) is 4.91. The summed E-state index contributed by atoms with van der Waals surface area (Å²) in [6, 6.07) is 0. The van der Waals surface area contributed by atoms with Gasteiger partial charge in [0.25, 0.3) is 0 Å². The van der Waals surface area contributed by atoms with E-state index in [1.54, 1.807) is 0 Å². The Morgan fingerprint density at radius 3 is 2.50 bits per heavy atom. The van der Waals surface area contributed by atoms with Gasteiger partial charge in [0.15, 0.2) is 0 Å². The summed E-state index contributed by atoms with van der Waals surface area (Å²) in [5, 5.41) is 9.91. The first-order valence-electron chi connectivity index (χ1n) is 4.42. The Hall–Kier alpha value is -0.370. The molecule has 0 aromatic heterocycles. The fraction of sp³-hybridized carbons (Fsp3) is 0.800. The molecule has 1 rings (SSSR count). The van der Waals surface area contributed by atoms with E-state index in [2.05, 4.69) is 0 Å². The van der Waals surface area contributed by atoms with Crippen molar-refractivity contribution < 1.29 is 9.50 Å². The first kappa shape index (κ1) is 9.72. The quantitative estimate of drug-likeness (QED) is 0.603. The fourth-order valence-electron chi connectivity index (χ4n) is 1.49. The molecule has 0 aromatic carbocycles. The van der Waals surface area contributed by atoms with E-state index in [0.717, 1.165) is 6.42 Å². The second-order valence-corrected chi connectivity index (χ2v) is 4.26. The van der Waals surface area contributed by atoms with Crippen molar-refractivity contribution in [3.63, 3.8) is 0 Å². The zero-order valence-corrected chi connectivity index (χ0v) is 8.02. The standard InChI is InChI=1S/C10H17FO/c1-8-4-6-10(12,7-5-8)9(2,3)11/h4,12H,5-7H2,1-3H3. The lowest BCUT2D eigenvalue weighted by molar-refractivity contribution is -0.0907. The molecule has 70 valence electrons. The Balaban J connectivity index is 2.77. The van der Waals surface area contributed by atoms with Crippen LogP contribution in [0.25, 0.3) is 0 Å². The van der Waals surface area contributed by atoms with Crippen LogP contribution in [0, 0.1) is 0 Å². The smallest absolute Gasteiger partial charge is 0.134 e. The van der Waals surface area contributed by atoms with Gasteiger partial charge in [-0.05, 0) is 40.0 Å². The van der Waals surface area contributed by atoms with Crippen LogP contribution in [0.5, 0.6) is 0 Å². The lowest BCUT2D eigenvalue weighted by Gasteiger charge is -2.38. The molecule has 0 aliphatic heterocycles. The molecule has 2 heteroatoms. The van der Waals surface area contributed by atoms with Gasteiger partial charge in [0.05, 0.1) is 0 Å². The van der Waals surface area contributed by atoms with E-state index in [-0.39, 0.29) is 0 Å². The molecule has 1 unspecified atom stereocenters. The van der Waals surface area contributed by atoms with Gasteiger partial charge in [-0.3, -0.25) is 0 Å². The Morgan fingerprint density at radius 1 is 1.58 bits per heavy atom. The van der Waals surface area contributed by atoms with Crippen molar-refractivity contribution in [2.45, 2.75) is 51.3 Å². The van der Waals surface area contributed by atoms with Gasteiger partial charge in [0.2, 0.25) is 0 Å². The molecular weight excluding hydrogens is 155 g/mol. The minimum absolute atomic E-state index is 0.447. The van der Waals surface area contributed by atoms with Crippen molar-refractivity contribution in [3.05, 3.63) is 11.6 Å². The number of alkyl halides is 1. The number of aliphatic hydroxyl groups is 1. The van der Waals surface area contributed by atoms with Crippen molar-refractivity contribution in [2.24, 2.45) is 0 Å². The maximum atomic E-state index is 13.5. The molecule has 1 aliphatic rings. The minimum atomic E-state index is -1.50. The normalized spacial score (nSPS) is 31.6. The molecule has 0 aromatic rings. The van der Waals surface area contributed by atoms with Crippen LogP contribution in [0.3, 0.4) is 0 Å². The van der Waals surface area contributed by atoms with Gasteiger partial charge in [0, 0.05) is 0 Å². The van der Waals surface area contributed by atoms with E-state index in [9.17, 15) is 9.50 Å². The number of halogens is 1. The first-order chi connectivity index (χ1) is 5.35. The summed E-state index contributed by atoms with van der Waals surface area (Å²) in [5.41, 5.74) is -1.39. The third-order valence-corrected chi connectivity index (χ3v) is 2.83. The van der Waals surface area contributed by atoms with E-state index in [0.29, 0.717) is 12.8 Å². The number of rotatable bonds is 1. The lowest BCUT2D eigenvalue weighted by atomic mass is 9.76. The van der Waals surface area contributed by atoms with Crippen LogP contribution >= 0.6 is 0 Å². The Labute approximate surface area is 73.3 Å². The zero-order valence-electron chi connectivity index (χ0n) is 8.02. The van der Waals surface area contributed by atoms with Gasteiger partial charge in [0.1, 0.15) is 11.3 Å². The summed E-state index contributed by atoms with van der Waals surface area (Å²) >= 11 is 0. The Bertz CT molecular complexity index is 202. The topological polar surface area (TPSA) is 20.2 Å². The molecule has 0 fully saturated rings. The highest BCUT2D eigenvalue weighted by Crippen LogP contribution is 2.37. The van der Waals surface area contributed by atoms with Crippen LogP contribution in [0.2, 0.25) is 0 Å². The van der Waals surface area contributed by atoms with E-state index < -0.39 is 11.3 Å². The summed E-state index contributed by atoms with van der Waals surface area (Å²) in [7, 11) is 0. The Kier molecular flexibility index (Phi) is 2.30. The molecule has 0 radical (unpaired) electrons. The van der Waals surface area contributed by atoms with Gasteiger partial charge in [-0.15, -0.1) is 0 Å². The van der Waals surface area contributed by atoms with Crippen LogP contribution < -0.4 is 0 Å². The molecule has 1 N–H and O–H groups in total. The Morgan fingerprint density at radius 2 is 2.17 bits per heavy atom. The first-order valence-corrected chi connectivity index (χ1v) is 4.42. The SMILES string of the molecule is CC1=CCC(O)(C(C)(C)F)CC1. The molecule has 0 amide bonds. The van der Waals surface area contributed by atoms with Crippen molar-refractivity contribution in [2.75, 3.05) is 0 Å². The largest absolute Gasteiger partial charge is 0.386 e. The van der Waals surface area contributed by atoms with Crippen LogP contribution in [0.4, 0.5) is 4.39 Å². The summed E-state index contributed by atoms with van der Waals surface area (Å²) in [4.78, 5) is 0. The maximum absolute atomic E-state index is 13.5. The summed E-state index contributed by atoms with van der Waals surface area (Å²) < 4.78 is 13.5.